The summed E-state index contributed by atoms with van der Waals surface area (Å²) in [5, 5.41) is 0. The van der Waals surface area contributed by atoms with Gasteiger partial charge in [-0.2, -0.15) is 0 Å². The van der Waals surface area contributed by atoms with E-state index in [1.165, 1.54) is 6.92 Å². The third kappa shape index (κ3) is 9.46. The predicted octanol–water partition coefficient (Wildman–Crippen LogP) is 8.50. The van der Waals surface area contributed by atoms with Gasteiger partial charge in [0.25, 0.3) is 0 Å². The molecule has 0 saturated heterocycles. The number of esters is 1. The Kier molecular flexibility index (Phi) is 10.2. The van der Waals surface area contributed by atoms with Gasteiger partial charge in [0, 0.05) is 12.3 Å². The second kappa shape index (κ2) is 13.0. The van der Waals surface area contributed by atoms with Crippen LogP contribution in [0.15, 0.2) is 72.8 Å². The Morgan fingerprint density at radius 3 is 1.77 bits per heavy atom. The van der Waals surface area contributed by atoms with Crippen LogP contribution in [0.3, 0.4) is 0 Å². The third-order valence-electron chi connectivity index (χ3n) is 6.59. The summed E-state index contributed by atoms with van der Waals surface area (Å²) in [4.78, 5) is 23.8. The number of hydrogen-bond acceptors (Lipinski definition) is 6. The first-order chi connectivity index (χ1) is 18.6. The molecule has 6 nitrogen and oxygen atoms in total. The van der Waals surface area contributed by atoms with E-state index >= 15 is 0 Å². The topological polar surface area (TPSA) is 71.1 Å². The van der Waals surface area contributed by atoms with Crippen LogP contribution >= 0.6 is 0 Å². The van der Waals surface area contributed by atoms with Gasteiger partial charge in [-0.1, -0.05) is 56.3 Å². The Bertz CT molecular complexity index is 1290. The number of rotatable bonds is 11. The van der Waals surface area contributed by atoms with Crippen LogP contribution < -0.4 is 14.2 Å². The molecule has 3 rings (SSSR count). The van der Waals surface area contributed by atoms with Crippen molar-refractivity contribution in [3.05, 3.63) is 89.5 Å². The number of hydrogen-bond donors (Lipinski definition) is 0. The fraction of sp³-hybridized carbons (Fsp3) is 0.375. The molecule has 0 atom stereocenters. The maximum atomic E-state index is 12.6. The molecule has 214 valence electrons. The van der Waals surface area contributed by atoms with E-state index in [1.807, 2.05) is 42.5 Å². The van der Waals surface area contributed by atoms with E-state index in [-0.39, 0.29) is 11.4 Å². The summed E-state index contributed by atoms with van der Waals surface area (Å²) in [5.41, 5.74) is 2.77. The third-order valence-corrected chi connectivity index (χ3v) is 12.8. The molecule has 0 amide bonds. The molecular formula is C32H42O6Si2. The predicted molar refractivity (Wildman–Crippen MR) is 164 cm³/mol. The van der Waals surface area contributed by atoms with Gasteiger partial charge in [0.2, 0.25) is 0 Å². The molecule has 3 aromatic carbocycles. The summed E-state index contributed by atoms with van der Waals surface area (Å²) < 4.78 is 22.7. The van der Waals surface area contributed by atoms with E-state index in [4.69, 9.17) is 18.3 Å². The van der Waals surface area contributed by atoms with Gasteiger partial charge in [0.1, 0.15) is 17.2 Å². The molecule has 8 heteroatoms. The normalized spacial score (nSPS) is 12.1. The van der Waals surface area contributed by atoms with Gasteiger partial charge in [-0.25, -0.2) is 4.79 Å². The smallest absolute Gasteiger partial charge is 0.456 e. The highest BCUT2D eigenvalue weighted by atomic mass is 28.4. The second-order valence-corrected chi connectivity index (χ2v) is 21.2. The van der Waals surface area contributed by atoms with E-state index in [9.17, 15) is 9.59 Å². The van der Waals surface area contributed by atoms with E-state index < -0.39 is 22.8 Å². The largest absolute Gasteiger partial charge is 0.519 e. The molecule has 3 aromatic rings. The number of aryl methyl sites for hydroxylation is 1. The van der Waals surface area contributed by atoms with E-state index in [1.54, 1.807) is 30.3 Å². The summed E-state index contributed by atoms with van der Waals surface area (Å²) in [6.45, 7) is 16.8. The van der Waals surface area contributed by atoms with Crippen LogP contribution in [0.5, 0.6) is 17.2 Å². The van der Waals surface area contributed by atoms with Gasteiger partial charge in [0.05, 0.1) is 0 Å². The first-order valence-corrected chi connectivity index (χ1v) is 20.2. The average molecular weight is 579 g/mol. The lowest BCUT2D eigenvalue weighted by molar-refractivity contribution is -0.131. The summed E-state index contributed by atoms with van der Waals surface area (Å²) in [6.07, 6.45) is 1.01. The fourth-order valence-electron chi connectivity index (χ4n) is 4.81. The second-order valence-electron chi connectivity index (χ2n) is 12.2. The van der Waals surface area contributed by atoms with Crippen LogP contribution in [-0.2, 0) is 20.7 Å². The highest BCUT2D eigenvalue weighted by molar-refractivity contribution is 6.84. The van der Waals surface area contributed by atoms with Gasteiger partial charge in [-0.3, -0.25) is 4.79 Å². The zero-order chi connectivity index (χ0) is 29.6. The van der Waals surface area contributed by atoms with Crippen molar-refractivity contribution in [3.8, 4) is 17.2 Å². The summed E-state index contributed by atoms with van der Waals surface area (Å²) in [5.74, 6) is 1.09. The quantitative estimate of drug-likeness (QED) is 0.0983. The van der Waals surface area contributed by atoms with Crippen molar-refractivity contribution in [1.82, 2.24) is 0 Å². The minimum atomic E-state index is -1.73. The van der Waals surface area contributed by atoms with Crippen molar-refractivity contribution in [2.75, 3.05) is 0 Å². The molecule has 0 aliphatic heterocycles. The number of ether oxygens (including phenoxy) is 3. The number of benzene rings is 3. The summed E-state index contributed by atoms with van der Waals surface area (Å²) in [7, 11) is -3.30. The minimum absolute atomic E-state index is 0.315. The van der Waals surface area contributed by atoms with Crippen molar-refractivity contribution in [3.63, 3.8) is 0 Å². The van der Waals surface area contributed by atoms with Crippen LogP contribution in [0.25, 0.3) is 0 Å². The van der Waals surface area contributed by atoms with Crippen molar-refractivity contribution >= 4 is 28.8 Å². The van der Waals surface area contributed by atoms with E-state index in [2.05, 4.69) is 46.6 Å². The standard InChI is InChI=1S/C32H42O6Si2/c1-24(33)35-28-19-15-26(16-20-28)32(2,3)27-17-21-29(22-18-27)36-31(34)37-30-14-10-9-12-25(30)13-11-23-40(7,8)38-39(4,5)6/h9-10,12,14-22H,11,13,23H2,1-8H3. The number of carbonyl (C=O) groups excluding carboxylic acids is 2. The molecule has 0 N–H and O–H groups in total. The molecule has 0 spiro atoms. The van der Waals surface area contributed by atoms with Crippen molar-refractivity contribution < 1.29 is 27.9 Å². The Morgan fingerprint density at radius 1 is 0.725 bits per heavy atom. The molecule has 0 saturated carbocycles. The van der Waals surface area contributed by atoms with E-state index in [0.717, 1.165) is 35.6 Å². The molecule has 0 radical (unpaired) electrons. The fourth-order valence-corrected chi connectivity index (χ4v) is 12.9. The van der Waals surface area contributed by atoms with E-state index in [0.29, 0.717) is 17.2 Å². The van der Waals surface area contributed by atoms with Crippen molar-refractivity contribution in [1.29, 1.82) is 0 Å². The van der Waals surface area contributed by atoms with Crippen LogP contribution in [0.4, 0.5) is 4.79 Å². The lowest BCUT2D eigenvalue weighted by Gasteiger charge is -2.31. The zero-order valence-corrected chi connectivity index (χ0v) is 27.0. The average Bonchev–Trinajstić information content (AvgIpc) is 2.84. The molecule has 0 bridgehead atoms. The van der Waals surface area contributed by atoms with Crippen molar-refractivity contribution in [2.24, 2.45) is 0 Å². The summed E-state index contributed by atoms with van der Waals surface area (Å²) in [6, 6.07) is 23.5. The monoisotopic (exact) mass is 578 g/mol. The summed E-state index contributed by atoms with van der Waals surface area (Å²) >= 11 is 0. The zero-order valence-electron chi connectivity index (χ0n) is 25.0. The van der Waals surface area contributed by atoms with Gasteiger partial charge >= 0.3 is 12.1 Å². The molecule has 0 fully saturated rings. The van der Waals surface area contributed by atoms with Crippen LogP contribution in [0.2, 0.25) is 38.8 Å². The van der Waals surface area contributed by atoms with Gasteiger partial charge in [-0.15, -0.1) is 0 Å². The van der Waals surface area contributed by atoms with Gasteiger partial charge in [-0.05, 0) is 98.6 Å². The number of para-hydroxylation sites is 1. The first kappa shape index (κ1) is 31.3. The lowest BCUT2D eigenvalue weighted by atomic mass is 9.78. The highest BCUT2D eigenvalue weighted by Gasteiger charge is 2.29. The van der Waals surface area contributed by atoms with Crippen LogP contribution in [0, 0.1) is 0 Å². The maximum absolute atomic E-state index is 12.6. The van der Waals surface area contributed by atoms with Crippen LogP contribution in [0.1, 0.15) is 43.9 Å². The molecule has 0 aliphatic carbocycles. The molecule has 40 heavy (non-hydrogen) atoms. The molecular weight excluding hydrogens is 537 g/mol. The molecule has 0 heterocycles. The number of carbonyl (C=O) groups is 2. The Labute approximate surface area is 240 Å². The highest BCUT2D eigenvalue weighted by Crippen LogP contribution is 2.33. The maximum Gasteiger partial charge on any atom is 0.519 e. The van der Waals surface area contributed by atoms with Gasteiger partial charge < -0.3 is 18.3 Å². The van der Waals surface area contributed by atoms with Crippen molar-refractivity contribution in [2.45, 2.75) is 77.8 Å². The van der Waals surface area contributed by atoms with Crippen LogP contribution in [-0.4, -0.2) is 28.8 Å². The Hall–Kier alpha value is -3.21. The Morgan fingerprint density at radius 2 is 1.25 bits per heavy atom. The Balaban J connectivity index is 1.60. The molecule has 0 aliphatic rings. The lowest BCUT2D eigenvalue weighted by Crippen LogP contribution is -2.42. The SMILES string of the molecule is CC(=O)Oc1ccc(C(C)(C)c2ccc(OC(=O)Oc3ccccc3CCC[Si](C)(C)O[Si](C)(C)C)cc2)cc1. The first-order valence-electron chi connectivity index (χ1n) is 13.7. The minimum Gasteiger partial charge on any atom is -0.456 e. The molecule has 0 unspecified atom stereocenters. The molecule has 0 aromatic heterocycles. The van der Waals surface area contributed by atoms with Gasteiger partial charge in [0.15, 0.2) is 16.6 Å².